The molecule has 160 valence electrons. The Morgan fingerprint density at radius 1 is 1.03 bits per heavy atom. The van der Waals surface area contributed by atoms with Crippen molar-refractivity contribution in [3.05, 3.63) is 59.7 Å². The minimum atomic E-state index is -1.23. The molecule has 0 spiro atoms. The highest BCUT2D eigenvalue weighted by atomic mass is 16.5. The Morgan fingerprint density at radius 2 is 1.61 bits per heavy atom. The molecule has 0 aromatic heterocycles. The van der Waals surface area contributed by atoms with E-state index in [4.69, 9.17) is 16.3 Å². The van der Waals surface area contributed by atoms with Crippen molar-refractivity contribution in [2.45, 2.75) is 37.8 Å². The quantitative estimate of drug-likeness (QED) is 0.570. The lowest BCUT2D eigenvalue weighted by molar-refractivity contribution is -0.141. The van der Waals surface area contributed by atoms with Crippen molar-refractivity contribution >= 4 is 18.0 Å². The maximum atomic E-state index is 12.4. The Morgan fingerprint density at radius 3 is 2.13 bits per heavy atom. The molecule has 0 radical (unpaired) electrons. The Labute approximate surface area is 180 Å². The van der Waals surface area contributed by atoms with Crippen LogP contribution in [0.1, 0.15) is 36.8 Å². The number of nitrogens with one attached hydrogen (secondary N) is 2. The van der Waals surface area contributed by atoms with Gasteiger partial charge in [-0.25, -0.2) is 9.59 Å². The number of ether oxygens (including phenoxy) is 1. The van der Waals surface area contributed by atoms with Crippen LogP contribution in [0.4, 0.5) is 4.79 Å². The summed E-state index contributed by atoms with van der Waals surface area (Å²) >= 11 is 0. The van der Waals surface area contributed by atoms with Gasteiger partial charge in [0, 0.05) is 12.3 Å². The molecular formula is C24H24N2O5. The second kappa shape index (κ2) is 9.81. The van der Waals surface area contributed by atoms with Gasteiger partial charge < -0.3 is 20.5 Å². The van der Waals surface area contributed by atoms with Crippen molar-refractivity contribution in [1.82, 2.24) is 10.6 Å². The maximum Gasteiger partial charge on any atom is 0.407 e. The fourth-order valence-electron chi connectivity index (χ4n) is 3.73. The Bertz CT molecular complexity index is 981. The molecule has 0 saturated heterocycles. The summed E-state index contributed by atoms with van der Waals surface area (Å²) in [6, 6.07) is 13.8. The topological polar surface area (TPSA) is 105 Å². The summed E-state index contributed by atoms with van der Waals surface area (Å²) in [4.78, 5) is 35.9. The molecule has 3 N–H and O–H groups in total. The average Bonchev–Trinajstić information content (AvgIpc) is 3.09. The number of benzene rings is 2. The van der Waals surface area contributed by atoms with Crippen LogP contribution in [0.25, 0.3) is 11.1 Å². The second-order valence-corrected chi connectivity index (χ2v) is 7.24. The van der Waals surface area contributed by atoms with Crippen LogP contribution in [-0.4, -0.2) is 41.8 Å². The number of carboxylic acid groups (broad SMARTS) is 1. The number of aliphatic carboxylic acids is 1. The molecule has 3 rings (SSSR count). The van der Waals surface area contributed by atoms with E-state index in [0.717, 1.165) is 22.3 Å². The van der Waals surface area contributed by atoms with E-state index in [-0.39, 0.29) is 25.4 Å². The molecule has 0 saturated carbocycles. The van der Waals surface area contributed by atoms with E-state index in [1.165, 1.54) is 0 Å². The van der Waals surface area contributed by atoms with Gasteiger partial charge in [0.15, 0.2) is 0 Å². The summed E-state index contributed by atoms with van der Waals surface area (Å²) < 4.78 is 5.44. The molecule has 2 amide bonds. The predicted octanol–water partition coefficient (Wildman–Crippen LogP) is 2.90. The van der Waals surface area contributed by atoms with Crippen molar-refractivity contribution in [2.75, 3.05) is 6.61 Å². The smallest absolute Gasteiger partial charge is 0.407 e. The number of carbonyl (C=O) groups excluding carboxylic acids is 2. The van der Waals surface area contributed by atoms with E-state index in [2.05, 4.69) is 16.6 Å². The monoisotopic (exact) mass is 420 g/mol. The van der Waals surface area contributed by atoms with Gasteiger partial charge in [0.05, 0.1) is 0 Å². The third-order valence-electron chi connectivity index (χ3n) is 5.30. The molecule has 0 fully saturated rings. The molecule has 1 unspecified atom stereocenters. The number of terminal acetylenes is 1. The highest BCUT2D eigenvalue weighted by molar-refractivity contribution is 5.89. The summed E-state index contributed by atoms with van der Waals surface area (Å²) in [6.45, 7) is 1.82. The van der Waals surface area contributed by atoms with Gasteiger partial charge in [0.25, 0.3) is 0 Å². The van der Waals surface area contributed by atoms with Gasteiger partial charge in [0.2, 0.25) is 5.91 Å². The van der Waals surface area contributed by atoms with Crippen LogP contribution in [0.2, 0.25) is 0 Å². The average molecular weight is 420 g/mol. The zero-order valence-electron chi connectivity index (χ0n) is 17.1. The van der Waals surface area contributed by atoms with Crippen molar-refractivity contribution in [2.24, 2.45) is 0 Å². The lowest BCUT2D eigenvalue weighted by atomic mass is 9.98. The summed E-state index contributed by atoms with van der Waals surface area (Å²) in [7, 11) is 0. The van der Waals surface area contributed by atoms with Crippen molar-refractivity contribution < 1.29 is 24.2 Å². The summed E-state index contributed by atoms with van der Waals surface area (Å²) in [5.74, 6) is 0.254. The van der Waals surface area contributed by atoms with E-state index in [9.17, 15) is 14.4 Å². The van der Waals surface area contributed by atoms with Gasteiger partial charge in [0.1, 0.15) is 18.7 Å². The van der Waals surface area contributed by atoms with Crippen LogP contribution in [0, 0.1) is 12.3 Å². The van der Waals surface area contributed by atoms with E-state index < -0.39 is 30.1 Å². The normalized spacial score (nSPS) is 13.8. The summed E-state index contributed by atoms with van der Waals surface area (Å²) in [5.41, 5.74) is 4.40. The first-order valence-electron chi connectivity index (χ1n) is 10.0. The minimum Gasteiger partial charge on any atom is -0.480 e. The SMILES string of the molecule is C#CCC(NC(=O)[C@@H](CC)NC(=O)OCC1c2ccccc2-c2ccccc21)C(=O)O. The summed E-state index contributed by atoms with van der Waals surface area (Å²) in [6.07, 6.45) is 4.51. The van der Waals surface area contributed by atoms with Gasteiger partial charge >= 0.3 is 12.1 Å². The highest BCUT2D eigenvalue weighted by Gasteiger charge is 2.30. The number of hydrogen-bond acceptors (Lipinski definition) is 4. The largest absolute Gasteiger partial charge is 0.480 e. The maximum absolute atomic E-state index is 12.4. The van der Waals surface area contributed by atoms with Crippen LogP contribution >= 0.6 is 0 Å². The molecule has 2 aromatic rings. The number of fused-ring (bicyclic) bond motifs is 3. The standard InChI is InChI=1S/C24H24N2O5/c1-3-9-21(23(28)29)25-22(27)20(4-2)26-24(30)31-14-19-17-12-7-5-10-15(17)16-11-6-8-13-18(16)19/h1,5-8,10-13,19-21H,4,9,14H2,2H3,(H,25,27)(H,26,30)(H,28,29)/t20-,21?/m1/s1. The van der Waals surface area contributed by atoms with Crippen LogP contribution in [0.3, 0.4) is 0 Å². The molecule has 0 heterocycles. The van der Waals surface area contributed by atoms with Crippen molar-refractivity contribution in [3.8, 4) is 23.5 Å². The fourth-order valence-corrected chi connectivity index (χ4v) is 3.73. The Hall–Kier alpha value is -3.79. The molecule has 7 heteroatoms. The number of rotatable bonds is 8. The van der Waals surface area contributed by atoms with Gasteiger partial charge in [-0.3, -0.25) is 4.79 Å². The van der Waals surface area contributed by atoms with E-state index in [1.54, 1.807) is 6.92 Å². The van der Waals surface area contributed by atoms with E-state index in [0.29, 0.717) is 0 Å². The Kier molecular flexibility index (Phi) is 6.93. The molecule has 2 atom stereocenters. The first-order chi connectivity index (χ1) is 15.0. The lowest BCUT2D eigenvalue weighted by Crippen LogP contribution is -2.51. The zero-order chi connectivity index (χ0) is 22.4. The summed E-state index contributed by atoms with van der Waals surface area (Å²) in [5, 5.41) is 14.0. The first-order valence-corrected chi connectivity index (χ1v) is 10.0. The minimum absolute atomic E-state index is 0.0981. The van der Waals surface area contributed by atoms with Crippen LogP contribution < -0.4 is 10.6 Å². The number of carboxylic acids is 1. The van der Waals surface area contributed by atoms with E-state index >= 15 is 0 Å². The zero-order valence-corrected chi connectivity index (χ0v) is 17.1. The molecular weight excluding hydrogens is 396 g/mol. The van der Waals surface area contributed by atoms with Crippen molar-refractivity contribution in [3.63, 3.8) is 0 Å². The molecule has 2 aromatic carbocycles. The van der Waals surface area contributed by atoms with Crippen molar-refractivity contribution in [1.29, 1.82) is 0 Å². The molecule has 31 heavy (non-hydrogen) atoms. The molecule has 0 aliphatic heterocycles. The number of alkyl carbamates (subject to hydrolysis) is 1. The van der Waals surface area contributed by atoms with E-state index in [1.807, 2.05) is 48.5 Å². The molecule has 7 nitrogen and oxygen atoms in total. The third-order valence-corrected chi connectivity index (χ3v) is 5.30. The lowest BCUT2D eigenvalue weighted by Gasteiger charge is -2.20. The molecule has 1 aliphatic carbocycles. The fraction of sp³-hybridized carbons (Fsp3) is 0.292. The van der Waals surface area contributed by atoms with Gasteiger partial charge in [-0.1, -0.05) is 55.5 Å². The number of amides is 2. The molecule has 1 aliphatic rings. The Balaban J connectivity index is 1.62. The van der Waals surface area contributed by atoms with Gasteiger partial charge in [-0.05, 0) is 28.7 Å². The van der Waals surface area contributed by atoms with Crippen LogP contribution in [-0.2, 0) is 14.3 Å². The number of carbonyl (C=O) groups is 3. The van der Waals surface area contributed by atoms with Crippen LogP contribution in [0.15, 0.2) is 48.5 Å². The number of hydrogen-bond donors (Lipinski definition) is 3. The second-order valence-electron chi connectivity index (χ2n) is 7.24. The first kappa shape index (κ1) is 21.9. The van der Waals surface area contributed by atoms with Crippen LogP contribution in [0.5, 0.6) is 0 Å². The molecule has 0 bridgehead atoms. The third kappa shape index (κ3) is 4.86. The highest BCUT2D eigenvalue weighted by Crippen LogP contribution is 2.44. The predicted molar refractivity (Wildman–Crippen MR) is 115 cm³/mol. The van der Waals surface area contributed by atoms with Gasteiger partial charge in [-0.15, -0.1) is 12.3 Å². The van der Waals surface area contributed by atoms with Gasteiger partial charge in [-0.2, -0.15) is 0 Å².